The lowest BCUT2D eigenvalue weighted by atomic mass is 10.0. The van der Waals surface area contributed by atoms with Crippen LogP contribution in [0.15, 0.2) is 36.5 Å². The molecule has 0 amide bonds. The van der Waals surface area contributed by atoms with Gasteiger partial charge in [-0.1, -0.05) is 12.1 Å². The Bertz CT molecular complexity index is 638. The third kappa shape index (κ3) is 3.40. The zero-order valence-corrected chi connectivity index (χ0v) is 10.6. The fourth-order valence-corrected chi connectivity index (χ4v) is 1.74. The molecule has 0 fully saturated rings. The molecule has 104 valence electrons. The van der Waals surface area contributed by atoms with Crippen molar-refractivity contribution in [3.63, 3.8) is 0 Å². The Labute approximate surface area is 113 Å². The van der Waals surface area contributed by atoms with Crippen molar-refractivity contribution in [1.29, 1.82) is 0 Å². The van der Waals surface area contributed by atoms with E-state index in [0.717, 1.165) is 12.1 Å². The first-order chi connectivity index (χ1) is 9.36. The molecule has 3 nitrogen and oxygen atoms in total. The molecule has 0 spiro atoms. The molecule has 1 aromatic carbocycles. The number of hydrogen-bond acceptors (Lipinski definition) is 3. The Morgan fingerprint density at radius 3 is 2.65 bits per heavy atom. The van der Waals surface area contributed by atoms with Gasteiger partial charge in [0, 0.05) is 11.8 Å². The number of Topliss-reactive ketones (excluding diaryl/α,β-unsaturated/α-hetero) is 1. The van der Waals surface area contributed by atoms with Crippen molar-refractivity contribution in [3.8, 4) is 0 Å². The van der Waals surface area contributed by atoms with Gasteiger partial charge >= 0.3 is 6.18 Å². The van der Waals surface area contributed by atoms with Gasteiger partial charge in [0.25, 0.3) is 0 Å². The van der Waals surface area contributed by atoms with Crippen LogP contribution in [0.4, 0.5) is 13.2 Å². The van der Waals surface area contributed by atoms with Crippen molar-refractivity contribution in [2.24, 2.45) is 0 Å². The van der Waals surface area contributed by atoms with Gasteiger partial charge in [-0.15, -0.1) is 0 Å². The van der Waals surface area contributed by atoms with Crippen LogP contribution in [-0.2, 0) is 12.6 Å². The average Bonchev–Trinajstić information content (AvgIpc) is 2.38. The Balaban J connectivity index is 2.22. The number of carbonyl (C=O) groups is 1. The van der Waals surface area contributed by atoms with E-state index in [1.54, 1.807) is 13.0 Å². The number of nitrogens with zero attached hydrogens (tertiary/aromatic N) is 2. The van der Waals surface area contributed by atoms with E-state index in [-0.39, 0.29) is 12.0 Å². The van der Waals surface area contributed by atoms with Gasteiger partial charge in [-0.3, -0.25) is 4.79 Å². The molecule has 0 radical (unpaired) electrons. The van der Waals surface area contributed by atoms with E-state index in [4.69, 9.17) is 0 Å². The predicted octanol–water partition coefficient (Wildman–Crippen LogP) is 3.23. The SMILES string of the molecule is Cc1nccc(CC(=O)c2cccc(C(F)(F)F)c2)n1. The van der Waals surface area contributed by atoms with E-state index in [0.29, 0.717) is 11.5 Å². The highest BCUT2D eigenvalue weighted by Gasteiger charge is 2.30. The topological polar surface area (TPSA) is 42.9 Å². The molecular weight excluding hydrogens is 269 g/mol. The van der Waals surface area contributed by atoms with E-state index in [1.807, 2.05) is 0 Å². The number of alkyl halides is 3. The Morgan fingerprint density at radius 2 is 2.00 bits per heavy atom. The first kappa shape index (κ1) is 14.2. The molecular formula is C14H11F3N2O. The molecule has 1 aromatic heterocycles. The van der Waals surface area contributed by atoms with E-state index < -0.39 is 17.5 Å². The first-order valence-corrected chi connectivity index (χ1v) is 5.85. The third-order valence-electron chi connectivity index (χ3n) is 2.69. The van der Waals surface area contributed by atoms with E-state index >= 15 is 0 Å². The van der Waals surface area contributed by atoms with Crippen LogP contribution in [-0.4, -0.2) is 15.8 Å². The van der Waals surface area contributed by atoms with Crippen molar-refractivity contribution in [2.75, 3.05) is 0 Å². The zero-order chi connectivity index (χ0) is 14.8. The normalized spacial score (nSPS) is 11.4. The molecule has 0 bridgehead atoms. The number of carbonyl (C=O) groups excluding carboxylic acids is 1. The number of benzene rings is 1. The number of hydrogen-bond donors (Lipinski definition) is 0. The highest BCUT2D eigenvalue weighted by molar-refractivity contribution is 5.97. The highest BCUT2D eigenvalue weighted by Crippen LogP contribution is 2.29. The maximum Gasteiger partial charge on any atom is 0.416 e. The number of aryl methyl sites for hydroxylation is 1. The summed E-state index contributed by atoms with van der Waals surface area (Å²) in [7, 11) is 0. The van der Waals surface area contributed by atoms with Gasteiger partial charge in [-0.25, -0.2) is 9.97 Å². The molecule has 0 aliphatic rings. The first-order valence-electron chi connectivity index (χ1n) is 5.85. The van der Waals surface area contributed by atoms with E-state index in [2.05, 4.69) is 9.97 Å². The lowest BCUT2D eigenvalue weighted by Crippen LogP contribution is -2.10. The highest BCUT2D eigenvalue weighted by atomic mass is 19.4. The lowest BCUT2D eigenvalue weighted by molar-refractivity contribution is -0.137. The van der Waals surface area contributed by atoms with Gasteiger partial charge in [0.2, 0.25) is 0 Å². The molecule has 2 rings (SSSR count). The van der Waals surface area contributed by atoms with Crippen molar-refractivity contribution in [1.82, 2.24) is 9.97 Å². The summed E-state index contributed by atoms with van der Waals surface area (Å²) in [6.07, 6.45) is -3.00. The summed E-state index contributed by atoms with van der Waals surface area (Å²) in [5.41, 5.74) is -0.321. The molecule has 0 saturated heterocycles. The second-order valence-electron chi connectivity index (χ2n) is 4.27. The fourth-order valence-electron chi connectivity index (χ4n) is 1.74. The Morgan fingerprint density at radius 1 is 1.25 bits per heavy atom. The standard InChI is InChI=1S/C14H11F3N2O/c1-9-18-6-5-12(19-9)8-13(20)10-3-2-4-11(7-10)14(15,16)17/h2-7H,8H2,1H3. The zero-order valence-electron chi connectivity index (χ0n) is 10.6. The minimum Gasteiger partial charge on any atom is -0.294 e. The Hall–Kier alpha value is -2.24. The molecule has 0 atom stereocenters. The van der Waals surface area contributed by atoms with Gasteiger partial charge in [0.15, 0.2) is 5.78 Å². The minimum atomic E-state index is -4.46. The summed E-state index contributed by atoms with van der Waals surface area (Å²) in [4.78, 5) is 19.9. The Kier molecular flexibility index (Phi) is 3.83. The fraction of sp³-hybridized carbons (Fsp3) is 0.214. The second-order valence-corrected chi connectivity index (χ2v) is 4.27. The van der Waals surface area contributed by atoms with Crippen molar-refractivity contribution < 1.29 is 18.0 Å². The number of rotatable bonds is 3. The van der Waals surface area contributed by atoms with Gasteiger partial charge in [-0.05, 0) is 25.1 Å². The minimum absolute atomic E-state index is 0.0242. The summed E-state index contributed by atoms with van der Waals surface area (Å²) < 4.78 is 37.7. The maximum atomic E-state index is 12.6. The monoisotopic (exact) mass is 280 g/mol. The van der Waals surface area contributed by atoms with E-state index in [1.165, 1.54) is 18.3 Å². The summed E-state index contributed by atoms with van der Waals surface area (Å²) in [5.74, 6) is 0.105. The molecule has 0 aliphatic carbocycles. The summed E-state index contributed by atoms with van der Waals surface area (Å²) >= 11 is 0. The van der Waals surface area contributed by atoms with Crippen molar-refractivity contribution in [3.05, 3.63) is 59.2 Å². The van der Waals surface area contributed by atoms with E-state index in [9.17, 15) is 18.0 Å². The molecule has 2 aromatic rings. The predicted molar refractivity (Wildman–Crippen MR) is 66.2 cm³/mol. The molecule has 0 aliphatic heterocycles. The van der Waals surface area contributed by atoms with Gasteiger partial charge < -0.3 is 0 Å². The maximum absolute atomic E-state index is 12.6. The summed E-state index contributed by atoms with van der Waals surface area (Å²) in [6, 6.07) is 5.95. The third-order valence-corrected chi connectivity index (χ3v) is 2.69. The lowest BCUT2D eigenvalue weighted by Gasteiger charge is -2.08. The smallest absolute Gasteiger partial charge is 0.294 e. The molecule has 1 heterocycles. The molecule has 0 saturated carbocycles. The van der Waals surface area contributed by atoms with Crippen LogP contribution in [0.3, 0.4) is 0 Å². The average molecular weight is 280 g/mol. The van der Waals surface area contributed by atoms with Crippen LogP contribution < -0.4 is 0 Å². The number of aromatic nitrogens is 2. The molecule has 6 heteroatoms. The summed E-state index contributed by atoms with van der Waals surface area (Å²) in [6.45, 7) is 1.68. The largest absolute Gasteiger partial charge is 0.416 e. The number of halogens is 3. The van der Waals surface area contributed by atoms with Crippen molar-refractivity contribution in [2.45, 2.75) is 19.5 Å². The molecule has 20 heavy (non-hydrogen) atoms. The quantitative estimate of drug-likeness (QED) is 0.811. The summed E-state index contributed by atoms with van der Waals surface area (Å²) in [5, 5.41) is 0. The number of ketones is 1. The van der Waals surface area contributed by atoms with Gasteiger partial charge in [0.1, 0.15) is 5.82 Å². The van der Waals surface area contributed by atoms with Crippen LogP contribution >= 0.6 is 0 Å². The second kappa shape index (κ2) is 5.40. The van der Waals surface area contributed by atoms with Crippen LogP contribution in [0.5, 0.6) is 0 Å². The molecule has 0 unspecified atom stereocenters. The van der Waals surface area contributed by atoms with Crippen LogP contribution in [0, 0.1) is 6.92 Å². The van der Waals surface area contributed by atoms with Gasteiger partial charge in [-0.2, -0.15) is 13.2 Å². The van der Waals surface area contributed by atoms with Crippen LogP contribution in [0.1, 0.15) is 27.4 Å². The van der Waals surface area contributed by atoms with Crippen LogP contribution in [0.25, 0.3) is 0 Å². The molecule has 0 N–H and O–H groups in total. The van der Waals surface area contributed by atoms with Gasteiger partial charge in [0.05, 0.1) is 17.7 Å². The van der Waals surface area contributed by atoms with Crippen molar-refractivity contribution >= 4 is 5.78 Å². The van der Waals surface area contributed by atoms with Crippen LogP contribution in [0.2, 0.25) is 0 Å².